The molecule has 0 bridgehead atoms. The first kappa shape index (κ1) is 22.8. The minimum Gasteiger partial charge on any atom is -0.377 e. The molecular formula is C18H27F3N2O5. The highest BCUT2D eigenvalue weighted by Crippen LogP contribution is 2.29. The molecule has 0 amide bonds. The van der Waals surface area contributed by atoms with Gasteiger partial charge in [0.2, 0.25) is 0 Å². The Morgan fingerprint density at radius 1 is 0.679 bits per heavy atom. The minimum atomic E-state index is -4.41. The zero-order valence-electron chi connectivity index (χ0n) is 15.8. The van der Waals surface area contributed by atoms with Crippen molar-refractivity contribution in [3.63, 3.8) is 0 Å². The maximum atomic E-state index is 12.7. The smallest absolute Gasteiger partial charge is 0.377 e. The highest BCUT2D eigenvalue weighted by Gasteiger charge is 2.30. The summed E-state index contributed by atoms with van der Waals surface area (Å²) in [4.78, 5) is 5.78. The Hall–Kier alpha value is -1.46. The van der Waals surface area contributed by atoms with Crippen LogP contribution < -0.4 is 4.90 Å². The molecule has 0 N–H and O–H groups in total. The molecule has 7 nitrogen and oxygen atoms in total. The van der Waals surface area contributed by atoms with Crippen LogP contribution >= 0.6 is 0 Å². The number of pyridine rings is 1. The molecule has 0 saturated carbocycles. The third-order valence-corrected chi connectivity index (χ3v) is 3.90. The standard InChI is InChI=1S/C18H27F3N2O5/c19-18(20,21)16-1-2-17(22-15-16)23-3-5-24-7-9-26-11-13-28-14-12-27-10-8-25-6-4-23/h1-2,15H,3-14H2. The van der Waals surface area contributed by atoms with Gasteiger partial charge < -0.3 is 28.6 Å². The van der Waals surface area contributed by atoms with Crippen molar-refractivity contribution in [3.05, 3.63) is 23.9 Å². The normalized spacial score (nSPS) is 20.3. The van der Waals surface area contributed by atoms with Gasteiger partial charge in [-0.3, -0.25) is 0 Å². The van der Waals surface area contributed by atoms with Crippen LogP contribution in [0.25, 0.3) is 0 Å². The van der Waals surface area contributed by atoms with E-state index in [1.165, 1.54) is 6.07 Å². The minimum absolute atomic E-state index is 0.395. The van der Waals surface area contributed by atoms with Gasteiger partial charge in [-0.15, -0.1) is 0 Å². The van der Waals surface area contributed by atoms with E-state index in [2.05, 4.69) is 4.98 Å². The third kappa shape index (κ3) is 9.16. The summed E-state index contributed by atoms with van der Waals surface area (Å²) in [5, 5.41) is 0. The van der Waals surface area contributed by atoms with Gasteiger partial charge in [0.25, 0.3) is 0 Å². The van der Waals surface area contributed by atoms with E-state index in [0.717, 1.165) is 12.3 Å². The van der Waals surface area contributed by atoms with Gasteiger partial charge in [0.1, 0.15) is 5.82 Å². The average molecular weight is 408 g/mol. The van der Waals surface area contributed by atoms with Gasteiger partial charge in [-0.2, -0.15) is 13.2 Å². The van der Waals surface area contributed by atoms with Crippen molar-refractivity contribution in [3.8, 4) is 0 Å². The first-order valence-electron chi connectivity index (χ1n) is 9.24. The quantitative estimate of drug-likeness (QED) is 0.704. The Balaban J connectivity index is 1.88. The molecule has 0 aliphatic carbocycles. The summed E-state index contributed by atoms with van der Waals surface area (Å²) in [6, 6.07) is 2.39. The van der Waals surface area contributed by atoms with Crippen LogP contribution in [0.1, 0.15) is 5.56 Å². The fourth-order valence-corrected chi connectivity index (χ4v) is 2.41. The molecule has 1 aliphatic rings. The largest absolute Gasteiger partial charge is 0.417 e. The number of aromatic nitrogens is 1. The van der Waals surface area contributed by atoms with Crippen LogP contribution in [0.2, 0.25) is 0 Å². The van der Waals surface area contributed by atoms with E-state index in [1.54, 1.807) is 0 Å². The Bertz CT molecular complexity index is 513. The molecule has 0 aromatic carbocycles. The van der Waals surface area contributed by atoms with Crippen molar-refractivity contribution in [2.24, 2.45) is 0 Å². The van der Waals surface area contributed by atoms with Crippen LogP contribution in [0.3, 0.4) is 0 Å². The molecule has 1 aliphatic heterocycles. The Labute approximate surface area is 162 Å². The van der Waals surface area contributed by atoms with Gasteiger partial charge in [-0.1, -0.05) is 0 Å². The van der Waals surface area contributed by atoms with Crippen molar-refractivity contribution < 1.29 is 36.9 Å². The van der Waals surface area contributed by atoms with Crippen molar-refractivity contribution in [2.75, 3.05) is 84.1 Å². The van der Waals surface area contributed by atoms with E-state index in [1.807, 2.05) is 4.90 Å². The maximum Gasteiger partial charge on any atom is 0.417 e. The summed E-state index contributed by atoms with van der Waals surface area (Å²) < 4.78 is 65.4. The zero-order chi connectivity index (χ0) is 20.1. The van der Waals surface area contributed by atoms with Crippen LogP contribution in [-0.4, -0.2) is 84.1 Å². The number of alkyl halides is 3. The summed E-state index contributed by atoms with van der Waals surface area (Å²) in [5.74, 6) is 0.444. The summed E-state index contributed by atoms with van der Waals surface area (Å²) in [5.41, 5.74) is -0.775. The highest BCUT2D eigenvalue weighted by molar-refractivity contribution is 5.39. The van der Waals surface area contributed by atoms with Gasteiger partial charge in [0.05, 0.1) is 71.6 Å². The predicted molar refractivity (Wildman–Crippen MR) is 95.5 cm³/mol. The molecule has 160 valence electrons. The van der Waals surface area contributed by atoms with E-state index in [9.17, 15) is 13.2 Å². The third-order valence-electron chi connectivity index (χ3n) is 3.90. The fraction of sp³-hybridized carbons (Fsp3) is 0.722. The molecule has 0 unspecified atom stereocenters. The van der Waals surface area contributed by atoms with Gasteiger partial charge in [0.15, 0.2) is 0 Å². The lowest BCUT2D eigenvalue weighted by molar-refractivity contribution is -0.137. The van der Waals surface area contributed by atoms with E-state index in [4.69, 9.17) is 23.7 Å². The molecular weight excluding hydrogens is 381 g/mol. The first-order chi connectivity index (χ1) is 13.6. The molecule has 28 heavy (non-hydrogen) atoms. The van der Waals surface area contributed by atoms with E-state index in [0.29, 0.717) is 85.0 Å². The average Bonchev–Trinajstić information content (AvgIpc) is 2.67. The van der Waals surface area contributed by atoms with Crippen LogP contribution in [0.4, 0.5) is 19.0 Å². The molecule has 2 rings (SSSR count). The first-order valence-corrected chi connectivity index (χ1v) is 9.24. The van der Waals surface area contributed by atoms with Crippen molar-refractivity contribution in [1.82, 2.24) is 4.98 Å². The van der Waals surface area contributed by atoms with Crippen LogP contribution in [-0.2, 0) is 29.9 Å². The second-order valence-electron chi connectivity index (χ2n) is 5.95. The number of hydrogen-bond donors (Lipinski definition) is 0. The summed E-state index contributed by atoms with van der Waals surface area (Å²) in [6.07, 6.45) is -3.57. The zero-order valence-corrected chi connectivity index (χ0v) is 15.8. The number of ether oxygens (including phenoxy) is 5. The van der Waals surface area contributed by atoms with Crippen molar-refractivity contribution in [2.45, 2.75) is 6.18 Å². The summed E-state index contributed by atoms with van der Waals surface area (Å²) in [6.45, 7) is 5.42. The molecule has 1 saturated heterocycles. The van der Waals surface area contributed by atoms with Crippen LogP contribution in [0, 0.1) is 0 Å². The Kier molecular flexibility index (Phi) is 10.5. The Morgan fingerprint density at radius 3 is 1.46 bits per heavy atom. The summed E-state index contributed by atoms with van der Waals surface area (Å²) >= 11 is 0. The number of halogens is 3. The van der Waals surface area contributed by atoms with Gasteiger partial charge >= 0.3 is 6.18 Å². The van der Waals surface area contributed by atoms with Gasteiger partial charge in [-0.05, 0) is 12.1 Å². The lowest BCUT2D eigenvalue weighted by Crippen LogP contribution is -2.32. The van der Waals surface area contributed by atoms with Crippen molar-refractivity contribution in [1.29, 1.82) is 0 Å². The molecule has 10 heteroatoms. The molecule has 0 spiro atoms. The molecule has 0 atom stereocenters. The van der Waals surface area contributed by atoms with Crippen molar-refractivity contribution >= 4 is 5.82 Å². The number of rotatable bonds is 1. The molecule has 1 fully saturated rings. The van der Waals surface area contributed by atoms with Gasteiger partial charge in [0, 0.05) is 19.3 Å². The molecule has 2 heterocycles. The van der Waals surface area contributed by atoms with E-state index in [-0.39, 0.29) is 0 Å². The lowest BCUT2D eigenvalue weighted by Gasteiger charge is -2.24. The maximum absolute atomic E-state index is 12.7. The topological polar surface area (TPSA) is 62.3 Å². The highest BCUT2D eigenvalue weighted by atomic mass is 19.4. The fourth-order valence-electron chi connectivity index (χ4n) is 2.41. The SMILES string of the molecule is FC(F)(F)c1ccc(N2CCOCCOCCOCCOCCOCC2)nc1. The monoisotopic (exact) mass is 408 g/mol. The van der Waals surface area contributed by atoms with Crippen LogP contribution in [0.5, 0.6) is 0 Å². The Morgan fingerprint density at radius 2 is 1.11 bits per heavy atom. The molecule has 0 radical (unpaired) electrons. The second kappa shape index (κ2) is 12.9. The van der Waals surface area contributed by atoms with Crippen LogP contribution in [0.15, 0.2) is 18.3 Å². The van der Waals surface area contributed by atoms with E-state index < -0.39 is 11.7 Å². The molecule has 1 aromatic heterocycles. The number of nitrogens with zero attached hydrogens (tertiary/aromatic N) is 2. The number of anilines is 1. The lowest BCUT2D eigenvalue weighted by atomic mass is 10.2. The van der Waals surface area contributed by atoms with E-state index >= 15 is 0 Å². The molecule has 1 aromatic rings. The summed E-state index contributed by atoms with van der Waals surface area (Å²) in [7, 11) is 0. The second-order valence-corrected chi connectivity index (χ2v) is 5.95. The number of hydrogen-bond acceptors (Lipinski definition) is 7. The van der Waals surface area contributed by atoms with Gasteiger partial charge in [-0.25, -0.2) is 4.98 Å². The predicted octanol–water partition coefficient (Wildman–Crippen LogP) is 2.00.